The van der Waals surface area contributed by atoms with Crippen LogP contribution in [0.3, 0.4) is 0 Å². The van der Waals surface area contributed by atoms with Crippen molar-refractivity contribution in [3.63, 3.8) is 0 Å². The summed E-state index contributed by atoms with van der Waals surface area (Å²) in [5.74, 6) is 0.225. The fourth-order valence-electron chi connectivity index (χ4n) is 4.04. The molecule has 0 saturated carbocycles. The van der Waals surface area contributed by atoms with Crippen molar-refractivity contribution in [2.75, 3.05) is 99.7 Å². The van der Waals surface area contributed by atoms with Crippen molar-refractivity contribution in [1.29, 1.82) is 0 Å². The van der Waals surface area contributed by atoms with Crippen molar-refractivity contribution in [3.8, 4) is 0 Å². The van der Waals surface area contributed by atoms with Gasteiger partial charge in [0, 0.05) is 72.9 Å². The van der Waals surface area contributed by atoms with Crippen molar-refractivity contribution in [2.24, 2.45) is 4.99 Å². The number of ether oxygens (including phenoxy) is 2. The number of likely N-dealkylation sites (N-methyl/N-ethyl adjacent to an activating group) is 2. The van der Waals surface area contributed by atoms with Crippen LogP contribution >= 0.6 is 12.4 Å². The third-order valence-corrected chi connectivity index (χ3v) is 8.23. The maximum Gasteiger partial charge on any atom is 0.358 e. The van der Waals surface area contributed by atoms with Crippen molar-refractivity contribution < 1.29 is 27.5 Å². The van der Waals surface area contributed by atoms with Gasteiger partial charge in [0.2, 0.25) is 5.95 Å². The normalized spacial score (nSPS) is 18.5. The highest BCUT2D eigenvalue weighted by Crippen LogP contribution is 2.20. The Morgan fingerprint density at radius 2 is 1.38 bits per heavy atom. The van der Waals surface area contributed by atoms with Gasteiger partial charge in [0.05, 0.1) is 20.4 Å². The lowest BCUT2D eigenvalue weighted by molar-refractivity contribution is -0.136. The van der Waals surface area contributed by atoms with Gasteiger partial charge in [-0.3, -0.25) is 0 Å². The van der Waals surface area contributed by atoms with E-state index in [0.717, 1.165) is 59.8 Å². The Kier molecular flexibility index (Phi) is 11.7. The van der Waals surface area contributed by atoms with Gasteiger partial charge >= 0.3 is 22.1 Å². The molecule has 2 saturated heterocycles. The summed E-state index contributed by atoms with van der Waals surface area (Å²) in [7, 11) is 5.83. The molecule has 0 atom stereocenters. The minimum absolute atomic E-state index is 0. The summed E-state index contributed by atoms with van der Waals surface area (Å²) in [6.07, 6.45) is 3.78. The summed E-state index contributed by atoms with van der Waals surface area (Å²) in [5, 5.41) is 0. The molecule has 0 aromatic carbocycles. The molecule has 1 aromatic rings. The zero-order chi connectivity index (χ0) is 28.0. The lowest BCUT2D eigenvalue weighted by Crippen LogP contribution is -2.46. The van der Waals surface area contributed by atoms with Crippen LogP contribution in [0.25, 0.3) is 0 Å². The number of halogens is 1. The van der Waals surface area contributed by atoms with Gasteiger partial charge in [-0.25, -0.2) is 19.6 Å². The van der Waals surface area contributed by atoms with E-state index < -0.39 is 16.2 Å². The quantitative estimate of drug-likeness (QED) is 0.414. The molecule has 0 bridgehead atoms. The summed E-state index contributed by atoms with van der Waals surface area (Å²) in [4.78, 5) is 40.0. The minimum Gasteiger partial charge on any atom is -0.464 e. The molecule has 0 N–H and O–H groups in total. The van der Waals surface area contributed by atoms with Crippen molar-refractivity contribution in [3.05, 3.63) is 23.7 Å². The summed E-state index contributed by atoms with van der Waals surface area (Å²) in [6.45, 7) is 6.92. The number of methoxy groups -OCH3 is 2. The summed E-state index contributed by atoms with van der Waals surface area (Å²) in [6, 6.07) is 0. The van der Waals surface area contributed by atoms with Crippen LogP contribution in [0.15, 0.2) is 23.0 Å². The van der Waals surface area contributed by atoms with Gasteiger partial charge in [-0.05, 0) is 20.2 Å². The molecule has 16 heteroatoms. The number of anilines is 1. The third-order valence-electron chi connectivity index (χ3n) is 6.54. The molecular weight excluding hydrogens is 552 g/mol. The first-order chi connectivity index (χ1) is 18.0. The van der Waals surface area contributed by atoms with Crippen molar-refractivity contribution in [2.45, 2.75) is 6.42 Å². The minimum atomic E-state index is -3.77. The first kappa shape index (κ1) is 32.5. The SMILES string of the molecule is COC(=O)C1=CCC(N2CCN(C)CC2)=N1.COC(=O)c1cn(S(=O)(=O)N(C)C)c(N2CCN(C)CC2)n1.Cl. The molecule has 3 aliphatic rings. The van der Waals surface area contributed by atoms with E-state index in [4.69, 9.17) is 0 Å². The summed E-state index contributed by atoms with van der Waals surface area (Å²) < 4.78 is 36.3. The first-order valence-electron chi connectivity index (χ1n) is 12.3. The molecular formula is C23H39ClN8O6S. The van der Waals surface area contributed by atoms with E-state index in [1.165, 1.54) is 34.5 Å². The van der Waals surface area contributed by atoms with Crippen LogP contribution < -0.4 is 4.90 Å². The topological polar surface area (TPSA) is 133 Å². The first-order valence-corrected chi connectivity index (χ1v) is 13.7. The number of piperazine rings is 2. The number of hydrogen-bond donors (Lipinski definition) is 0. The summed E-state index contributed by atoms with van der Waals surface area (Å²) in [5.41, 5.74) is 0.415. The average molecular weight is 591 g/mol. The van der Waals surface area contributed by atoms with Crippen molar-refractivity contribution >= 4 is 46.3 Å². The van der Waals surface area contributed by atoms with Crippen LogP contribution in [-0.4, -0.2) is 149 Å². The molecule has 0 radical (unpaired) electrons. The lowest BCUT2D eigenvalue weighted by Gasteiger charge is -2.33. The number of hydrogen-bond acceptors (Lipinski definition) is 12. The lowest BCUT2D eigenvalue weighted by atomic mass is 10.3. The highest BCUT2D eigenvalue weighted by Gasteiger charge is 2.29. The van der Waals surface area contributed by atoms with E-state index in [0.29, 0.717) is 18.8 Å². The average Bonchev–Trinajstić information content (AvgIpc) is 3.58. The zero-order valence-corrected chi connectivity index (χ0v) is 25.0. The van der Waals surface area contributed by atoms with Crippen molar-refractivity contribution in [1.82, 2.24) is 28.0 Å². The number of aromatic nitrogens is 2. The van der Waals surface area contributed by atoms with Gasteiger partial charge in [0.1, 0.15) is 11.5 Å². The number of carbonyl (C=O) groups excluding carboxylic acids is 2. The largest absolute Gasteiger partial charge is 0.464 e. The van der Waals surface area contributed by atoms with E-state index in [9.17, 15) is 18.0 Å². The Morgan fingerprint density at radius 3 is 1.87 bits per heavy atom. The number of esters is 2. The molecule has 0 amide bonds. The van der Waals surface area contributed by atoms with E-state index in [2.05, 4.69) is 41.2 Å². The summed E-state index contributed by atoms with van der Waals surface area (Å²) >= 11 is 0. The maximum absolute atomic E-state index is 12.4. The Hall–Kier alpha value is -2.72. The van der Waals surface area contributed by atoms with Crippen LogP contribution in [0.4, 0.5) is 5.95 Å². The molecule has 0 aliphatic carbocycles. The highest BCUT2D eigenvalue weighted by molar-refractivity contribution is 7.87. The molecule has 0 spiro atoms. The Bertz CT molecular complexity index is 1170. The van der Waals surface area contributed by atoms with Gasteiger partial charge in [-0.1, -0.05) is 0 Å². The number of imidazole rings is 1. The van der Waals surface area contributed by atoms with Gasteiger partial charge in [0.25, 0.3) is 0 Å². The predicted octanol–water partition coefficient (Wildman–Crippen LogP) is -0.409. The van der Waals surface area contributed by atoms with Crippen LogP contribution in [0, 0.1) is 0 Å². The number of carbonyl (C=O) groups is 2. The molecule has 4 heterocycles. The van der Waals surface area contributed by atoms with Gasteiger partial charge < -0.3 is 29.1 Å². The number of aliphatic imine (C=N–C) groups is 1. The van der Waals surface area contributed by atoms with Gasteiger partial charge in [-0.15, -0.1) is 12.4 Å². The number of rotatable bonds is 5. The van der Waals surface area contributed by atoms with Crippen LogP contribution in [0.5, 0.6) is 0 Å². The highest BCUT2D eigenvalue weighted by atomic mass is 35.5. The van der Waals surface area contributed by atoms with E-state index in [1.807, 2.05) is 18.0 Å². The second-order valence-corrected chi connectivity index (χ2v) is 11.4. The standard InChI is InChI=1S/C12H21N5O4S.C11H17N3O2.ClH/c1-14(2)22(19,20)17-9-10(11(18)21-4)13-12(17)16-7-5-15(3)6-8-16;1-13-5-7-14(8-6-13)10-4-3-9(12-10)11(15)16-2;/h9H,5-8H2,1-4H3;3H,4-8H2,1-2H3;1H. The number of nitrogens with zero attached hydrogens (tertiary/aromatic N) is 8. The van der Waals surface area contributed by atoms with E-state index in [1.54, 1.807) is 0 Å². The fraction of sp³-hybridized carbons (Fsp3) is 0.652. The zero-order valence-electron chi connectivity index (χ0n) is 23.4. The maximum atomic E-state index is 12.4. The molecule has 220 valence electrons. The predicted molar refractivity (Wildman–Crippen MR) is 150 cm³/mol. The molecule has 4 rings (SSSR count). The molecule has 2 fully saturated rings. The van der Waals surface area contributed by atoms with E-state index in [-0.39, 0.29) is 30.0 Å². The number of amidine groups is 1. The van der Waals surface area contributed by atoms with Gasteiger partial charge in [0.15, 0.2) is 5.69 Å². The second-order valence-electron chi connectivity index (χ2n) is 9.40. The Balaban J connectivity index is 0.000000279. The molecule has 3 aliphatic heterocycles. The Labute approximate surface area is 236 Å². The monoisotopic (exact) mass is 590 g/mol. The molecule has 39 heavy (non-hydrogen) atoms. The van der Waals surface area contributed by atoms with Crippen LogP contribution in [0.1, 0.15) is 16.9 Å². The third kappa shape index (κ3) is 7.91. The molecule has 14 nitrogen and oxygen atoms in total. The van der Waals surface area contributed by atoms with E-state index >= 15 is 0 Å². The molecule has 1 aromatic heterocycles. The van der Waals surface area contributed by atoms with Crippen LogP contribution in [-0.2, 0) is 24.5 Å². The smallest absolute Gasteiger partial charge is 0.358 e. The van der Waals surface area contributed by atoms with Crippen LogP contribution in [0.2, 0.25) is 0 Å². The Morgan fingerprint density at radius 1 is 0.872 bits per heavy atom. The second kappa shape index (κ2) is 14.1. The molecule has 0 unspecified atom stereocenters. The van der Waals surface area contributed by atoms with Gasteiger partial charge in [-0.2, -0.15) is 16.7 Å². The fourth-order valence-corrected chi connectivity index (χ4v) is 4.98.